The molecule has 11 heteroatoms. The van der Waals surface area contributed by atoms with E-state index in [1.54, 1.807) is 0 Å². The number of alkyl halides is 3. The number of aromatic amines is 1. The Kier molecular flexibility index (Phi) is 3.77. The molecule has 0 aliphatic heterocycles. The molecule has 1 aromatic rings. The smallest absolute Gasteiger partial charge is 0.481 e. The maximum absolute atomic E-state index is 12.0. The SMILES string of the molecule is O=C(O)Cc1cc(=O)[nH]c(OC(F)(F)F)c1[N+](=O)[O-]. The molecule has 0 spiro atoms. The average Bonchev–Trinajstić information content (AvgIpc) is 2.10. The molecule has 104 valence electrons. The van der Waals surface area contributed by atoms with E-state index in [1.807, 2.05) is 0 Å². The van der Waals surface area contributed by atoms with Crippen LogP contribution in [-0.4, -0.2) is 27.3 Å². The molecule has 0 radical (unpaired) electrons. The second-order valence-corrected chi connectivity index (χ2v) is 3.21. The minimum absolute atomic E-state index is 0.523. The largest absolute Gasteiger partial charge is 0.574 e. The summed E-state index contributed by atoms with van der Waals surface area (Å²) >= 11 is 0. The predicted octanol–water partition coefficient (Wildman–Crippen LogP) is 0.809. The third-order valence-electron chi connectivity index (χ3n) is 1.80. The number of pyridine rings is 1. The molecule has 0 unspecified atom stereocenters. The van der Waals surface area contributed by atoms with Crippen LogP contribution in [0.15, 0.2) is 10.9 Å². The fourth-order valence-electron chi connectivity index (χ4n) is 1.27. The summed E-state index contributed by atoms with van der Waals surface area (Å²) in [5.74, 6) is -3.01. The molecule has 1 aromatic heterocycles. The van der Waals surface area contributed by atoms with Gasteiger partial charge in [-0.05, 0) is 0 Å². The van der Waals surface area contributed by atoms with Crippen LogP contribution >= 0.6 is 0 Å². The van der Waals surface area contributed by atoms with Crippen LogP contribution in [-0.2, 0) is 11.2 Å². The Morgan fingerprint density at radius 1 is 1.53 bits per heavy atom. The molecule has 2 N–H and O–H groups in total. The van der Waals surface area contributed by atoms with Gasteiger partial charge in [-0.15, -0.1) is 13.2 Å². The maximum Gasteiger partial charge on any atom is 0.574 e. The Labute approximate surface area is 101 Å². The summed E-state index contributed by atoms with van der Waals surface area (Å²) in [5, 5.41) is 19.2. The third-order valence-corrected chi connectivity index (χ3v) is 1.80. The number of carbonyl (C=O) groups is 1. The summed E-state index contributed by atoms with van der Waals surface area (Å²) in [6, 6.07) is 0.523. The molecular weight excluding hydrogens is 277 g/mol. The van der Waals surface area contributed by atoms with Crippen LogP contribution in [0.5, 0.6) is 5.88 Å². The van der Waals surface area contributed by atoms with Crippen molar-refractivity contribution >= 4 is 11.7 Å². The van der Waals surface area contributed by atoms with Crippen LogP contribution in [0.1, 0.15) is 5.56 Å². The van der Waals surface area contributed by atoms with Gasteiger partial charge in [-0.25, -0.2) is 0 Å². The number of aliphatic carboxylic acids is 1. The summed E-state index contributed by atoms with van der Waals surface area (Å²) < 4.78 is 39.4. The van der Waals surface area contributed by atoms with Crippen molar-refractivity contribution < 1.29 is 32.7 Å². The van der Waals surface area contributed by atoms with Gasteiger partial charge < -0.3 is 9.84 Å². The number of nitro groups is 1. The van der Waals surface area contributed by atoms with Gasteiger partial charge in [0.2, 0.25) is 0 Å². The summed E-state index contributed by atoms with van der Waals surface area (Å²) in [6.07, 6.45) is -6.26. The molecule has 8 nitrogen and oxygen atoms in total. The van der Waals surface area contributed by atoms with E-state index in [9.17, 15) is 32.9 Å². The first-order chi connectivity index (χ1) is 8.60. The predicted molar refractivity (Wildman–Crippen MR) is 51.7 cm³/mol. The van der Waals surface area contributed by atoms with Crippen LogP contribution in [0.2, 0.25) is 0 Å². The third kappa shape index (κ3) is 3.97. The zero-order chi connectivity index (χ0) is 14.8. The minimum atomic E-state index is -5.27. The highest BCUT2D eigenvalue weighted by Gasteiger charge is 2.36. The highest BCUT2D eigenvalue weighted by Crippen LogP contribution is 2.31. The van der Waals surface area contributed by atoms with E-state index in [1.165, 1.54) is 4.98 Å². The van der Waals surface area contributed by atoms with Crippen molar-refractivity contribution in [3.8, 4) is 5.88 Å². The lowest BCUT2D eigenvalue weighted by Crippen LogP contribution is -2.22. The first-order valence-corrected chi connectivity index (χ1v) is 4.48. The van der Waals surface area contributed by atoms with E-state index in [0.717, 1.165) is 0 Å². The van der Waals surface area contributed by atoms with E-state index >= 15 is 0 Å². The Morgan fingerprint density at radius 2 is 2.11 bits per heavy atom. The van der Waals surface area contributed by atoms with Crippen molar-refractivity contribution in [3.63, 3.8) is 0 Å². The monoisotopic (exact) mass is 282 g/mol. The van der Waals surface area contributed by atoms with E-state index in [2.05, 4.69) is 4.74 Å². The summed E-state index contributed by atoms with van der Waals surface area (Å²) in [6.45, 7) is 0. The number of carboxylic acid groups (broad SMARTS) is 1. The number of nitrogens with zero attached hydrogens (tertiary/aromatic N) is 1. The van der Waals surface area contributed by atoms with E-state index in [4.69, 9.17) is 5.11 Å². The van der Waals surface area contributed by atoms with Crippen LogP contribution in [0.4, 0.5) is 18.9 Å². The number of H-pyrrole nitrogens is 1. The van der Waals surface area contributed by atoms with Crippen molar-refractivity contribution in [2.45, 2.75) is 12.8 Å². The zero-order valence-electron chi connectivity index (χ0n) is 8.85. The number of halogens is 3. The highest BCUT2D eigenvalue weighted by atomic mass is 19.4. The van der Waals surface area contributed by atoms with Crippen molar-refractivity contribution in [2.75, 3.05) is 0 Å². The second-order valence-electron chi connectivity index (χ2n) is 3.21. The molecule has 1 heterocycles. The Balaban J connectivity index is 3.44. The fourth-order valence-corrected chi connectivity index (χ4v) is 1.27. The summed E-state index contributed by atoms with van der Waals surface area (Å²) in [5.41, 5.74) is -3.10. The molecule has 0 saturated carbocycles. The van der Waals surface area contributed by atoms with Gasteiger partial charge in [-0.1, -0.05) is 0 Å². The number of hydrogen-bond acceptors (Lipinski definition) is 5. The lowest BCUT2D eigenvalue weighted by molar-refractivity contribution is -0.389. The van der Waals surface area contributed by atoms with Crippen LogP contribution in [0, 0.1) is 10.1 Å². The van der Waals surface area contributed by atoms with Gasteiger partial charge in [-0.3, -0.25) is 24.7 Å². The molecule has 19 heavy (non-hydrogen) atoms. The number of nitrogens with one attached hydrogen (secondary N) is 1. The maximum atomic E-state index is 12.0. The van der Waals surface area contributed by atoms with Crippen LogP contribution in [0.3, 0.4) is 0 Å². The van der Waals surface area contributed by atoms with E-state index in [-0.39, 0.29) is 0 Å². The molecule has 0 fully saturated rings. The average molecular weight is 282 g/mol. The normalized spacial score (nSPS) is 11.1. The molecule has 0 aliphatic carbocycles. The summed E-state index contributed by atoms with van der Waals surface area (Å²) in [4.78, 5) is 32.4. The second kappa shape index (κ2) is 4.96. The number of ether oxygens (including phenoxy) is 1. The molecule has 0 aromatic carbocycles. The molecule has 0 amide bonds. The topological polar surface area (TPSA) is 123 Å². The zero-order valence-corrected chi connectivity index (χ0v) is 8.85. The molecule has 0 saturated heterocycles. The molecule has 0 bridgehead atoms. The molecule has 0 atom stereocenters. The van der Waals surface area contributed by atoms with Gasteiger partial charge in [0.05, 0.1) is 16.9 Å². The Morgan fingerprint density at radius 3 is 2.53 bits per heavy atom. The quantitative estimate of drug-likeness (QED) is 0.622. The van der Waals surface area contributed by atoms with Gasteiger partial charge in [0, 0.05) is 6.07 Å². The Hall–Kier alpha value is -2.59. The summed E-state index contributed by atoms with van der Waals surface area (Å²) in [7, 11) is 0. The highest BCUT2D eigenvalue weighted by molar-refractivity contribution is 5.72. The van der Waals surface area contributed by atoms with Crippen molar-refractivity contribution in [1.29, 1.82) is 0 Å². The first-order valence-electron chi connectivity index (χ1n) is 4.48. The van der Waals surface area contributed by atoms with Gasteiger partial charge in [0.25, 0.3) is 11.4 Å². The Bertz CT molecular complexity index is 579. The van der Waals surface area contributed by atoms with Gasteiger partial charge >= 0.3 is 18.0 Å². The van der Waals surface area contributed by atoms with Crippen LogP contribution in [0.25, 0.3) is 0 Å². The van der Waals surface area contributed by atoms with Gasteiger partial charge in [0.15, 0.2) is 0 Å². The molecular formula is C8H5F3N2O6. The lowest BCUT2D eigenvalue weighted by atomic mass is 10.1. The first kappa shape index (κ1) is 14.5. The standard InChI is InChI=1S/C8H5F3N2O6/c9-8(10,11)19-7-6(13(17)18)3(2-5(15)16)1-4(14)12-7/h1H,2H2,(H,12,14)(H,15,16). The number of aromatic nitrogens is 1. The van der Waals surface area contributed by atoms with E-state index in [0.29, 0.717) is 6.07 Å². The van der Waals surface area contributed by atoms with Crippen molar-refractivity contribution in [1.82, 2.24) is 4.98 Å². The van der Waals surface area contributed by atoms with Crippen molar-refractivity contribution in [3.05, 3.63) is 32.1 Å². The minimum Gasteiger partial charge on any atom is -0.481 e. The number of carboxylic acids is 1. The molecule has 0 aliphatic rings. The lowest BCUT2D eigenvalue weighted by Gasteiger charge is -2.09. The fraction of sp³-hybridized carbons (Fsp3) is 0.250. The number of hydrogen-bond donors (Lipinski definition) is 2. The van der Waals surface area contributed by atoms with Gasteiger partial charge in [-0.2, -0.15) is 0 Å². The van der Waals surface area contributed by atoms with E-state index < -0.39 is 46.4 Å². The van der Waals surface area contributed by atoms with Crippen molar-refractivity contribution in [2.24, 2.45) is 0 Å². The van der Waals surface area contributed by atoms with Gasteiger partial charge in [0.1, 0.15) is 0 Å². The molecule has 1 rings (SSSR count). The van der Waals surface area contributed by atoms with Crippen LogP contribution < -0.4 is 10.3 Å². The number of rotatable bonds is 4.